The minimum Gasteiger partial charge on any atom is -0.486 e. The summed E-state index contributed by atoms with van der Waals surface area (Å²) in [5.74, 6) is 1.03. The van der Waals surface area contributed by atoms with Gasteiger partial charge in [-0.1, -0.05) is 12.1 Å². The summed E-state index contributed by atoms with van der Waals surface area (Å²) < 4.78 is 16.8. The normalized spacial score (nSPS) is 21.6. The number of hydrogen-bond acceptors (Lipinski definition) is 6. The molecule has 146 valence electrons. The molecule has 0 unspecified atom stereocenters. The molecule has 0 saturated heterocycles. The van der Waals surface area contributed by atoms with Crippen LogP contribution in [0.4, 0.5) is 4.79 Å². The highest BCUT2D eigenvalue weighted by Crippen LogP contribution is 2.31. The van der Waals surface area contributed by atoms with Gasteiger partial charge in [0.1, 0.15) is 12.7 Å². The monoisotopic (exact) mass is 375 g/mol. The zero-order chi connectivity index (χ0) is 19.4. The SMILES string of the molecule is CCOC(=O)C1=C(CN(C)C[C@@H]2COc3ccccc3O2)NC(=O)N[C@@H]1C. The fourth-order valence-corrected chi connectivity index (χ4v) is 3.24. The molecule has 0 radical (unpaired) electrons. The minimum absolute atomic E-state index is 0.147. The van der Waals surface area contributed by atoms with Gasteiger partial charge in [-0.2, -0.15) is 0 Å². The van der Waals surface area contributed by atoms with Crippen LogP contribution in [0.2, 0.25) is 0 Å². The van der Waals surface area contributed by atoms with Gasteiger partial charge in [0, 0.05) is 18.8 Å². The molecule has 2 amide bonds. The Bertz CT molecular complexity index is 749. The predicted molar refractivity (Wildman–Crippen MR) is 98.6 cm³/mol. The Morgan fingerprint density at radius 1 is 1.33 bits per heavy atom. The molecular weight excluding hydrogens is 350 g/mol. The zero-order valence-corrected chi connectivity index (χ0v) is 15.8. The smallest absolute Gasteiger partial charge is 0.337 e. The van der Waals surface area contributed by atoms with Gasteiger partial charge in [-0.3, -0.25) is 4.90 Å². The Morgan fingerprint density at radius 2 is 2.07 bits per heavy atom. The van der Waals surface area contributed by atoms with Gasteiger partial charge >= 0.3 is 12.0 Å². The van der Waals surface area contributed by atoms with E-state index in [2.05, 4.69) is 10.6 Å². The van der Waals surface area contributed by atoms with E-state index in [0.29, 0.717) is 31.0 Å². The number of carbonyl (C=O) groups excluding carboxylic acids is 2. The average molecular weight is 375 g/mol. The summed E-state index contributed by atoms with van der Waals surface area (Å²) in [5, 5.41) is 5.43. The second-order valence-electron chi connectivity index (χ2n) is 6.63. The molecule has 1 aromatic rings. The number of rotatable bonds is 6. The molecule has 1 aromatic carbocycles. The molecule has 2 heterocycles. The van der Waals surface area contributed by atoms with Gasteiger partial charge in [0.05, 0.1) is 18.2 Å². The molecule has 3 rings (SSSR count). The van der Waals surface area contributed by atoms with Crippen LogP contribution < -0.4 is 20.1 Å². The fraction of sp³-hybridized carbons (Fsp3) is 0.474. The first-order valence-corrected chi connectivity index (χ1v) is 9.02. The molecule has 0 saturated carbocycles. The number of nitrogens with zero attached hydrogens (tertiary/aromatic N) is 1. The molecule has 2 atom stereocenters. The third kappa shape index (κ3) is 4.51. The number of amides is 2. The van der Waals surface area contributed by atoms with E-state index in [1.54, 1.807) is 13.8 Å². The van der Waals surface area contributed by atoms with Crippen molar-refractivity contribution in [3.8, 4) is 11.5 Å². The summed E-state index contributed by atoms with van der Waals surface area (Å²) >= 11 is 0. The van der Waals surface area contributed by atoms with Crippen LogP contribution in [-0.2, 0) is 9.53 Å². The molecule has 2 N–H and O–H groups in total. The average Bonchev–Trinajstić information content (AvgIpc) is 2.61. The van der Waals surface area contributed by atoms with Crippen molar-refractivity contribution >= 4 is 12.0 Å². The molecular formula is C19H25N3O5. The number of benzene rings is 1. The summed E-state index contributed by atoms with van der Waals surface area (Å²) in [5.41, 5.74) is 0.985. The van der Waals surface area contributed by atoms with Crippen LogP contribution in [0.3, 0.4) is 0 Å². The maximum atomic E-state index is 12.3. The summed E-state index contributed by atoms with van der Waals surface area (Å²) in [4.78, 5) is 26.1. The van der Waals surface area contributed by atoms with Gasteiger partial charge in [0.2, 0.25) is 0 Å². The Kier molecular flexibility index (Phi) is 5.85. The third-order valence-corrected chi connectivity index (χ3v) is 4.38. The van der Waals surface area contributed by atoms with Gasteiger partial charge in [0.25, 0.3) is 0 Å². The van der Waals surface area contributed by atoms with E-state index in [0.717, 1.165) is 11.5 Å². The first kappa shape index (κ1) is 19.0. The summed E-state index contributed by atoms with van der Waals surface area (Å²) in [6.07, 6.45) is -0.147. The molecule has 0 bridgehead atoms. The number of para-hydroxylation sites is 2. The number of esters is 1. The van der Waals surface area contributed by atoms with Crippen LogP contribution in [0.5, 0.6) is 11.5 Å². The zero-order valence-electron chi connectivity index (χ0n) is 15.8. The van der Waals surface area contributed by atoms with E-state index in [9.17, 15) is 9.59 Å². The number of ether oxygens (including phenoxy) is 3. The quantitative estimate of drug-likeness (QED) is 0.728. The van der Waals surface area contributed by atoms with Crippen molar-refractivity contribution in [3.05, 3.63) is 35.5 Å². The predicted octanol–water partition coefficient (Wildman–Crippen LogP) is 1.28. The van der Waals surface area contributed by atoms with Crippen LogP contribution in [0.25, 0.3) is 0 Å². The van der Waals surface area contributed by atoms with Crippen molar-refractivity contribution in [1.82, 2.24) is 15.5 Å². The highest BCUT2D eigenvalue weighted by Gasteiger charge is 2.31. The lowest BCUT2D eigenvalue weighted by molar-refractivity contribution is -0.139. The Balaban J connectivity index is 1.67. The van der Waals surface area contributed by atoms with Crippen LogP contribution in [0.1, 0.15) is 13.8 Å². The lowest BCUT2D eigenvalue weighted by atomic mass is 10.0. The molecule has 8 heteroatoms. The van der Waals surface area contributed by atoms with E-state index >= 15 is 0 Å². The minimum atomic E-state index is -0.424. The van der Waals surface area contributed by atoms with Crippen LogP contribution in [0.15, 0.2) is 35.5 Å². The Hall–Kier alpha value is -2.74. The largest absolute Gasteiger partial charge is 0.486 e. The summed E-state index contributed by atoms with van der Waals surface area (Å²) in [7, 11) is 1.90. The molecule has 8 nitrogen and oxygen atoms in total. The van der Waals surface area contributed by atoms with Crippen LogP contribution in [-0.4, -0.2) is 62.4 Å². The number of nitrogens with one attached hydrogen (secondary N) is 2. The Labute approximate surface area is 158 Å². The van der Waals surface area contributed by atoms with E-state index in [1.165, 1.54) is 0 Å². The number of fused-ring (bicyclic) bond motifs is 1. The third-order valence-electron chi connectivity index (χ3n) is 4.38. The second kappa shape index (κ2) is 8.30. The van der Waals surface area contributed by atoms with Crippen LogP contribution >= 0.6 is 0 Å². The van der Waals surface area contributed by atoms with Crippen molar-refractivity contribution in [3.63, 3.8) is 0 Å². The molecule has 0 aromatic heterocycles. The maximum Gasteiger partial charge on any atom is 0.337 e. The van der Waals surface area contributed by atoms with Crippen molar-refractivity contribution in [2.24, 2.45) is 0 Å². The molecule has 2 aliphatic rings. The molecule has 27 heavy (non-hydrogen) atoms. The number of likely N-dealkylation sites (N-methyl/N-ethyl adjacent to an activating group) is 1. The highest BCUT2D eigenvalue weighted by atomic mass is 16.6. The lowest BCUT2D eigenvalue weighted by Gasteiger charge is -2.32. The van der Waals surface area contributed by atoms with Gasteiger partial charge < -0.3 is 24.8 Å². The summed E-state index contributed by atoms with van der Waals surface area (Å²) in [6.45, 7) is 5.19. The standard InChI is InChI=1S/C19H25N3O5/c1-4-25-18(23)17-12(2)20-19(24)21-14(17)10-22(3)9-13-11-26-15-7-5-6-8-16(15)27-13/h5-8,12-13H,4,9-11H2,1-3H3,(H2,20,21,24)/t12-,13-/m1/s1. The van der Waals surface area contributed by atoms with E-state index in [1.807, 2.05) is 36.2 Å². The highest BCUT2D eigenvalue weighted by molar-refractivity contribution is 5.94. The molecule has 0 spiro atoms. The number of urea groups is 1. The van der Waals surface area contributed by atoms with Gasteiger partial charge in [0.15, 0.2) is 11.5 Å². The topological polar surface area (TPSA) is 89.1 Å². The second-order valence-corrected chi connectivity index (χ2v) is 6.63. The number of carbonyl (C=O) groups is 2. The first-order chi connectivity index (χ1) is 13.0. The van der Waals surface area contributed by atoms with Crippen molar-refractivity contribution < 1.29 is 23.8 Å². The van der Waals surface area contributed by atoms with Crippen molar-refractivity contribution in [2.45, 2.75) is 26.0 Å². The van der Waals surface area contributed by atoms with E-state index in [-0.39, 0.29) is 18.7 Å². The van der Waals surface area contributed by atoms with Crippen molar-refractivity contribution in [2.75, 3.05) is 33.4 Å². The van der Waals surface area contributed by atoms with E-state index < -0.39 is 12.0 Å². The summed E-state index contributed by atoms with van der Waals surface area (Å²) in [6, 6.07) is 6.80. The van der Waals surface area contributed by atoms with Crippen LogP contribution in [0, 0.1) is 0 Å². The first-order valence-electron chi connectivity index (χ1n) is 9.02. The van der Waals surface area contributed by atoms with Gasteiger partial charge in [-0.05, 0) is 33.0 Å². The molecule has 2 aliphatic heterocycles. The van der Waals surface area contributed by atoms with Gasteiger partial charge in [-0.25, -0.2) is 9.59 Å². The maximum absolute atomic E-state index is 12.3. The number of hydrogen-bond donors (Lipinski definition) is 2. The van der Waals surface area contributed by atoms with Crippen molar-refractivity contribution in [1.29, 1.82) is 0 Å². The molecule has 0 aliphatic carbocycles. The fourth-order valence-electron chi connectivity index (χ4n) is 3.24. The lowest BCUT2D eigenvalue weighted by Crippen LogP contribution is -2.51. The Morgan fingerprint density at radius 3 is 2.81 bits per heavy atom. The molecule has 0 fully saturated rings. The van der Waals surface area contributed by atoms with E-state index in [4.69, 9.17) is 14.2 Å². The van der Waals surface area contributed by atoms with Gasteiger partial charge in [-0.15, -0.1) is 0 Å².